The van der Waals surface area contributed by atoms with E-state index in [1.54, 1.807) is 4.68 Å². The van der Waals surface area contributed by atoms with Crippen molar-refractivity contribution in [3.05, 3.63) is 36.7 Å². The molecule has 17 heavy (non-hydrogen) atoms. The number of Topliss-reactive ketones (excluding diaryl/α,β-unsaturated/α-hetero) is 1. The van der Waals surface area contributed by atoms with E-state index >= 15 is 0 Å². The van der Waals surface area contributed by atoms with Crippen molar-refractivity contribution >= 4 is 49.0 Å². The number of hydrogen-bond acceptors (Lipinski definition) is 3. The molecule has 0 aliphatic carbocycles. The molecule has 0 aromatic carbocycles. The summed E-state index contributed by atoms with van der Waals surface area (Å²) in [6.45, 7) is 4.14. The number of ketones is 1. The van der Waals surface area contributed by atoms with E-state index < -0.39 is 0 Å². The van der Waals surface area contributed by atoms with Crippen molar-refractivity contribution in [2.24, 2.45) is 0 Å². The van der Waals surface area contributed by atoms with Crippen LogP contribution in [0, 0.1) is 13.8 Å². The molecule has 2 aromatic heterocycles. The zero-order valence-electron chi connectivity index (χ0n) is 9.33. The number of nitrogens with zero attached hydrogens (tertiary/aromatic N) is 2. The molecule has 0 fully saturated rings. The monoisotopic (exact) mass is 376 g/mol. The van der Waals surface area contributed by atoms with Gasteiger partial charge in [-0.3, -0.25) is 9.48 Å². The number of carbonyl (C=O) groups is 1. The number of hydrogen-bond donors (Lipinski definition) is 0. The molecule has 0 aliphatic heterocycles. The SMILES string of the molecule is Cc1nn(CC(=O)c2sccc2Br)c(C)c1Br. The van der Waals surface area contributed by atoms with E-state index in [0.717, 1.165) is 25.2 Å². The summed E-state index contributed by atoms with van der Waals surface area (Å²) in [7, 11) is 0. The van der Waals surface area contributed by atoms with Crippen molar-refractivity contribution in [3.8, 4) is 0 Å². The summed E-state index contributed by atoms with van der Waals surface area (Å²) in [4.78, 5) is 12.8. The second-order valence-corrected chi connectivity index (χ2v) is 6.23. The Kier molecular flexibility index (Phi) is 3.85. The third-order valence-electron chi connectivity index (χ3n) is 2.46. The van der Waals surface area contributed by atoms with E-state index in [9.17, 15) is 4.79 Å². The molecule has 90 valence electrons. The van der Waals surface area contributed by atoms with Crippen LogP contribution in [0.2, 0.25) is 0 Å². The van der Waals surface area contributed by atoms with Gasteiger partial charge in [0, 0.05) is 4.47 Å². The average Bonchev–Trinajstić information content (AvgIpc) is 2.80. The van der Waals surface area contributed by atoms with Gasteiger partial charge in [-0.15, -0.1) is 11.3 Å². The molecule has 3 nitrogen and oxygen atoms in total. The molecule has 2 heterocycles. The molecule has 2 aromatic rings. The third-order valence-corrected chi connectivity index (χ3v) is 5.48. The van der Waals surface area contributed by atoms with Crippen molar-refractivity contribution in [2.75, 3.05) is 0 Å². The van der Waals surface area contributed by atoms with Crippen molar-refractivity contribution in [1.82, 2.24) is 9.78 Å². The Balaban J connectivity index is 2.25. The fraction of sp³-hybridized carbons (Fsp3) is 0.273. The van der Waals surface area contributed by atoms with Crippen LogP contribution in [0.5, 0.6) is 0 Å². The Morgan fingerprint density at radius 3 is 2.65 bits per heavy atom. The first-order chi connectivity index (χ1) is 8.00. The van der Waals surface area contributed by atoms with Gasteiger partial charge in [-0.05, 0) is 57.2 Å². The zero-order chi connectivity index (χ0) is 12.6. The molecule has 6 heteroatoms. The second-order valence-electron chi connectivity index (χ2n) is 3.66. The first-order valence-electron chi connectivity index (χ1n) is 4.96. The molecule has 0 saturated heterocycles. The lowest BCUT2D eigenvalue weighted by Crippen LogP contribution is -2.12. The van der Waals surface area contributed by atoms with Crippen molar-refractivity contribution in [1.29, 1.82) is 0 Å². The highest BCUT2D eigenvalue weighted by molar-refractivity contribution is 9.10. The predicted molar refractivity (Wildman–Crippen MR) is 75.8 cm³/mol. The molecule has 0 spiro atoms. The molecule has 0 bridgehead atoms. The second kappa shape index (κ2) is 5.04. The van der Waals surface area contributed by atoms with E-state index in [0.29, 0.717) is 0 Å². The quantitative estimate of drug-likeness (QED) is 0.758. The minimum absolute atomic E-state index is 0.0741. The highest BCUT2D eigenvalue weighted by atomic mass is 79.9. The predicted octanol–water partition coefficient (Wildman–Crippen LogP) is 3.97. The number of aromatic nitrogens is 2. The van der Waals surface area contributed by atoms with E-state index in [1.165, 1.54) is 11.3 Å². The number of carbonyl (C=O) groups excluding carboxylic acids is 1. The number of halogens is 2. The molecule has 0 atom stereocenters. The van der Waals surface area contributed by atoms with Crippen LogP contribution in [0.25, 0.3) is 0 Å². The summed E-state index contributed by atoms with van der Waals surface area (Å²) in [6.07, 6.45) is 0. The van der Waals surface area contributed by atoms with E-state index in [2.05, 4.69) is 37.0 Å². The van der Waals surface area contributed by atoms with Crippen LogP contribution in [0.3, 0.4) is 0 Å². The molecule has 2 rings (SSSR count). The summed E-state index contributed by atoms with van der Waals surface area (Å²) in [5.74, 6) is 0.0741. The van der Waals surface area contributed by atoms with Gasteiger partial charge in [0.2, 0.25) is 0 Å². The standard InChI is InChI=1S/C11H10Br2N2OS/c1-6-10(13)7(2)15(14-6)5-9(16)11-8(12)3-4-17-11/h3-4H,5H2,1-2H3. The van der Waals surface area contributed by atoms with Gasteiger partial charge in [0.15, 0.2) is 5.78 Å². The Morgan fingerprint density at radius 1 is 1.47 bits per heavy atom. The van der Waals surface area contributed by atoms with Gasteiger partial charge in [-0.1, -0.05) is 0 Å². The van der Waals surface area contributed by atoms with Crippen LogP contribution < -0.4 is 0 Å². The van der Waals surface area contributed by atoms with Crippen LogP contribution in [-0.2, 0) is 6.54 Å². The lowest BCUT2D eigenvalue weighted by molar-refractivity contribution is 0.0970. The Labute approximate surface area is 120 Å². The van der Waals surface area contributed by atoms with Crippen LogP contribution in [0.1, 0.15) is 21.1 Å². The molecular formula is C11H10Br2N2OS. The number of aryl methyl sites for hydroxylation is 1. The maximum Gasteiger partial charge on any atom is 0.195 e. The minimum atomic E-state index is 0.0741. The van der Waals surface area contributed by atoms with E-state index in [-0.39, 0.29) is 12.3 Å². The van der Waals surface area contributed by atoms with E-state index in [1.807, 2.05) is 25.3 Å². The maximum atomic E-state index is 12.1. The smallest absolute Gasteiger partial charge is 0.195 e. The molecule has 0 radical (unpaired) electrons. The lowest BCUT2D eigenvalue weighted by Gasteiger charge is -2.02. The highest BCUT2D eigenvalue weighted by Gasteiger charge is 2.15. The Bertz CT molecular complexity index is 574. The zero-order valence-corrected chi connectivity index (χ0v) is 13.3. The van der Waals surface area contributed by atoms with Crippen LogP contribution >= 0.6 is 43.2 Å². The van der Waals surface area contributed by atoms with E-state index in [4.69, 9.17) is 0 Å². The molecular weight excluding hydrogens is 368 g/mol. The van der Waals surface area contributed by atoms with Crippen molar-refractivity contribution < 1.29 is 4.79 Å². The fourth-order valence-electron chi connectivity index (χ4n) is 1.53. The maximum absolute atomic E-state index is 12.1. The average molecular weight is 378 g/mol. The summed E-state index contributed by atoms with van der Waals surface area (Å²) in [6, 6.07) is 1.88. The molecule has 0 N–H and O–H groups in total. The largest absolute Gasteiger partial charge is 0.291 e. The van der Waals surface area contributed by atoms with Gasteiger partial charge in [0.05, 0.1) is 20.7 Å². The molecule has 0 aliphatic rings. The molecule has 0 unspecified atom stereocenters. The Hall–Kier alpha value is -0.460. The topological polar surface area (TPSA) is 34.9 Å². The molecule has 0 saturated carbocycles. The van der Waals surface area contributed by atoms with Gasteiger partial charge in [0.1, 0.15) is 6.54 Å². The van der Waals surface area contributed by atoms with Gasteiger partial charge >= 0.3 is 0 Å². The first kappa shape index (κ1) is 13.0. The van der Waals surface area contributed by atoms with Gasteiger partial charge in [-0.25, -0.2) is 0 Å². The molecule has 0 amide bonds. The van der Waals surface area contributed by atoms with Crippen LogP contribution in [-0.4, -0.2) is 15.6 Å². The normalized spacial score (nSPS) is 10.8. The van der Waals surface area contributed by atoms with Crippen LogP contribution in [0.15, 0.2) is 20.4 Å². The Morgan fingerprint density at radius 2 is 2.18 bits per heavy atom. The lowest BCUT2D eigenvalue weighted by atomic mass is 10.3. The third kappa shape index (κ3) is 2.53. The summed E-state index contributed by atoms with van der Waals surface area (Å²) < 4.78 is 3.55. The van der Waals surface area contributed by atoms with Gasteiger partial charge in [0.25, 0.3) is 0 Å². The first-order valence-corrected chi connectivity index (χ1v) is 7.43. The minimum Gasteiger partial charge on any atom is -0.291 e. The summed E-state index contributed by atoms with van der Waals surface area (Å²) in [5, 5.41) is 6.22. The number of rotatable bonds is 3. The van der Waals surface area contributed by atoms with Crippen molar-refractivity contribution in [3.63, 3.8) is 0 Å². The highest BCUT2D eigenvalue weighted by Crippen LogP contribution is 2.25. The van der Waals surface area contributed by atoms with Gasteiger partial charge in [-0.2, -0.15) is 5.10 Å². The van der Waals surface area contributed by atoms with Crippen LogP contribution in [0.4, 0.5) is 0 Å². The summed E-state index contributed by atoms with van der Waals surface area (Å²) >= 11 is 8.27. The fourth-order valence-corrected chi connectivity index (χ4v) is 3.34. The number of thiophene rings is 1. The summed E-state index contributed by atoms with van der Waals surface area (Å²) in [5.41, 5.74) is 1.88. The van der Waals surface area contributed by atoms with Gasteiger partial charge < -0.3 is 0 Å². The van der Waals surface area contributed by atoms with Crippen molar-refractivity contribution in [2.45, 2.75) is 20.4 Å².